The summed E-state index contributed by atoms with van der Waals surface area (Å²) in [7, 11) is 1.61. The first kappa shape index (κ1) is 9.94. The lowest BCUT2D eigenvalue weighted by atomic mass is 10.6. The van der Waals surface area contributed by atoms with Gasteiger partial charge in [-0.1, -0.05) is 0 Å². The maximum Gasteiger partial charge on any atom is 0.404 e. The number of primary amides is 1. The third kappa shape index (κ3) is 3.39. The van der Waals surface area contributed by atoms with Gasteiger partial charge in [0.05, 0.1) is 11.5 Å². The smallest absolute Gasteiger partial charge is 0.404 e. The topological polar surface area (TPSA) is 74.4 Å². The van der Waals surface area contributed by atoms with E-state index in [1.54, 1.807) is 13.3 Å². The summed E-state index contributed by atoms with van der Waals surface area (Å²) in [4.78, 5) is 15.3. The normalized spacial score (nSPS) is 9.92. The minimum absolute atomic E-state index is 0.129. The Morgan fingerprint density at radius 1 is 1.69 bits per heavy atom. The predicted octanol–water partition coefficient (Wildman–Crippen LogP) is 0.885. The molecule has 72 valence electrons. The molecule has 1 aromatic rings. The van der Waals surface area contributed by atoms with E-state index in [-0.39, 0.29) is 6.61 Å². The second kappa shape index (κ2) is 4.78. The summed E-state index contributed by atoms with van der Waals surface area (Å²) < 4.78 is 9.47. The summed E-state index contributed by atoms with van der Waals surface area (Å²) in [6.45, 7) is 0.651. The third-order valence-corrected chi connectivity index (χ3v) is 2.17. The van der Waals surface area contributed by atoms with E-state index in [9.17, 15) is 4.79 Å². The third-order valence-electron chi connectivity index (χ3n) is 1.23. The number of hydrogen-bond acceptors (Lipinski definition) is 5. The molecule has 0 bridgehead atoms. The summed E-state index contributed by atoms with van der Waals surface area (Å²) in [5, 5.41) is 0.714. The van der Waals surface area contributed by atoms with Gasteiger partial charge < -0.3 is 15.2 Å². The van der Waals surface area contributed by atoms with Crippen molar-refractivity contribution >= 4 is 17.4 Å². The van der Waals surface area contributed by atoms with Crippen LogP contribution in [0, 0.1) is 0 Å². The molecular weight excluding hydrogens is 192 g/mol. The van der Waals surface area contributed by atoms with Crippen molar-refractivity contribution in [3.8, 4) is 0 Å². The molecule has 1 heterocycles. The molecular formula is C7H10N2O3S. The number of thiazole rings is 1. The Hall–Kier alpha value is -1.14. The van der Waals surface area contributed by atoms with Crippen molar-refractivity contribution in [1.82, 2.24) is 4.98 Å². The van der Waals surface area contributed by atoms with Gasteiger partial charge in [-0.2, -0.15) is 0 Å². The maximum absolute atomic E-state index is 10.3. The fraction of sp³-hybridized carbons (Fsp3) is 0.429. The van der Waals surface area contributed by atoms with Crippen LogP contribution in [0.4, 0.5) is 4.79 Å². The highest BCUT2D eigenvalue weighted by Crippen LogP contribution is 2.14. The highest BCUT2D eigenvalue weighted by atomic mass is 32.1. The fourth-order valence-corrected chi connectivity index (χ4v) is 1.56. The Morgan fingerprint density at radius 2 is 2.46 bits per heavy atom. The number of amides is 1. The average molecular weight is 202 g/mol. The van der Waals surface area contributed by atoms with Gasteiger partial charge in [-0.3, -0.25) is 0 Å². The first-order chi connectivity index (χ1) is 6.22. The predicted molar refractivity (Wildman–Crippen MR) is 47.2 cm³/mol. The number of carbonyl (C=O) groups is 1. The van der Waals surface area contributed by atoms with Crippen LogP contribution in [-0.2, 0) is 22.7 Å². The standard InChI is InChI=1S/C7H10N2O3S/c1-11-3-5-2-9-6(13-5)4-12-7(8)10/h2H,3-4H2,1H3,(H2,8,10). The molecule has 13 heavy (non-hydrogen) atoms. The molecule has 0 saturated carbocycles. The van der Waals surface area contributed by atoms with Crippen molar-refractivity contribution in [3.63, 3.8) is 0 Å². The van der Waals surface area contributed by atoms with E-state index in [1.165, 1.54) is 11.3 Å². The van der Waals surface area contributed by atoms with Gasteiger partial charge in [-0.25, -0.2) is 9.78 Å². The van der Waals surface area contributed by atoms with E-state index in [0.717, 1.165) is 4.88 Å². The van der Waals surface area contributed by atoms with Crippen LogP contribution in [0.5, 0.6) is 0 Å². The molecule has 0 aromatic carbocycles. The van der Waals surface area contributed by atoms with E-state index in [0.29, 0.717) is 11.6 Å². The van der Waals surface area contributed by atoms with Crippen molar-refractivity contribution in [2.24, 2.45) is 5.73 Å². The zero-order valence-electron chi connectivity index (χ0n) is 7.15. The molecule has 0 aliphatic carbocycles. The first-order valence-corrected chi connectivity index (χ1v) is 4.38. The van der Waals surface area contributed by atoms with Crippen LogP contribution in [0.1, 0.15) is 9.88 Å². The Balaban J connectivity index is 2.44. The maximum atomic E-state index is 10.3. The van der Waals surface area contributed by atoms with Crippen LogP contribution in [0.3, 0.4) is 0 Å². The van der Waals surface area contributed by atoms with Crippen LogP contribution < -0.4 is 5.73 Å². The largest absolute Gasteiger partial charge is 0.442 e. The Morgan fingerprint density at radius 3 is 3.08 bits per heavy atom. The summed E-state index contributed by atoms with van der Waals surface area (Å²) >= 11 is 1.43. The van der Waals surface area contributed by atoms with Gasteiger partial charge in [0.1, 0.15) is 11.6 Å². The second-order valence-electron chi connectivity index (χ2n) is 2.26. The number of nitrogens with two attached hydrogens (primary N) is 1. The quantitative estimate of drug-likeness (QED) is 0.786. The monoisotopic (exact) mass is 202 g/mol. The number of hydrogen-bond donors (Lipinski definition) is 1. The Kier molecular flexibility index (Phi) is 3.66. The number of methoxy groups -OCH3 is 1. The molecule has 1 aromatic heterocycles. The second-order valence-corrected chi connectivity index (χ2v) is 3.46. The number of rotatable bonds is 4. The minimum Gasteiger partial charge on any atom is -0.442 e. The van der Waals surface area contributed by atoms with E-state index in [1.807, 2.05) is 0 Å². The van der Waals surface area contributed by atoms with Gasteiger partial charge in [-0.05, 0) is 0 Å². The molecule has 1 amide bonds. The highest BCUT2D eigenvalue weighted by Gasteiger charge is 2.03. The van der Waals surface area contributed by atoms with Crippen molar-refractivity contribution in [3.05, 3.63) is 16.1 Å². The zero-order chi connectivity index (χ0) is 9.68. The van der Waals surface area contributed by atoms with Crippen LogP contribution in [-0.4, -0.2) is 18.2 Å². The molecule has 5 nitrogen and oxygen atoms in total. The molecule has 0 unspecified atom stereocenters. The van der Waals surface area contributed by atoms with E-state index in [2.05, 4.69) is 9.72 Å². The van der Waals surface area contributed by atoms with E-state index >= 15 is 0 Å². The van der Waals surface area contributed by atoms with Crippen LogP contribution >= 0.6 is 11.3 Å². The van der Waals surface area contributed by atoms with Crippen LogP contribution in [0.25, 0.3) is 0 Å². The molecule has 0 aliphatic rings. The molecule has 0 saturated heterocycles. The van der Waals surface area contributed by atoms with E-state index < -0.39 is 6.09 Å². The Labute approximate surface area is 79.5 Å². The number of nitrogens with zero attached hydrogens (tertiary/aromatic N) is 1. The first-order valence-electron chi connectivity index (χ1n) is 3.57. The van der Waals surface area contributed by atoms with Gasteiger partial charge in [0.2, 0.25) is 0 Å². The number of carbonyl (C=O) groups excluding carboxylic acids is 1. The molecule has 6 heteroatoms. The molecule has 0 fully saturated rings. The molecule has 0 aliphatic heterocycles. The van der Waals surface area contributed by atoms with Crippen LogP contribution in [0.15, 0.2) is 6.20 Å². The van der Waals surface area contributed by atoms with Crippen LogP contribution in [0.2, 0.25) is 0 Å². The van der Waals surface area contributed by atoms with Crippen molar-refractivity contribution in [1.29, 1.82) is 0 Å². The number of aromatic nitrogens is 1. The lowest BCUT2D eigenvalue weighted by Crippen LogP contribution is -2.12. The van der Waals surface area contributed by atoms with Gasteiger partial charge in [0.15, 0.2) is 0 Å². The SMILES string of the molecule is COCc1cnc(COC(N)=O)s1. The molecule has 0 spiro atoms. The lowest BCUT2D eigenvalue weighted by Gasteiger charge is -1.95. The molecule has 0 radical (unpaired) electrons. The lowest BCUT2D eigenvalue weighted by molar-refractivity contribution is 0.150. The van der Waals surface area contributed by atoms with Crippen molar-refractivity contribution in [2.75, 3.05) is 7.11 Å². The van der Waals surface area contributed by atoms with E-state index in [4.69, 9.17) is 10.5 Å². The number of ether oxygens (including phenoxy) is 2. The Bertz CT molecular complexity index is 287. The summed E-state index contributed by atoms with van der Waals surface area (Å²) in [6.07, 6.45) is 0.900. The molecule has 1 rings (SSSR count). The fourth-order valence-electron chi connectivity index (χ4n) is 0.757. The molecule has 2 N–H and O–H groups in total. The van der Waals surface area contributed by atoms with Gasteiger partial charge in [0, 0.05) is 13.3 Å². The van der Waals surface area contributed by atoms with Gasteiger partial charge >= 0.3 is 6.09 Å². The van der Waals surface area contributed by atoms with Crippen molar-refractivity contribution < 1.29 is 14.3 Å². The summed E-state index contributed by atoms with van der Waals surface area (Å²) in [6, 6.07) is 0. The molecule has 0 atom stereocenters. The van der Waals surface area contributed by atoms with Crippen molar-refractivity contribution in [2.45, 2.75) is 13.2 Å². The minimum atomic E-state index is -0.788. The zero-order valence-corrected chi connectivity index (χ0v) is 7.97. The summed E-state index contributed by atoms with van der Waals surface area (Å²) in [5.41, 5.74) is 4.80. The average Bonchev–Trinajstić information content (AvgIpc) is 2.50. The summed E-state index contributed by atoms with van der Waals surface area (Å²) in [5.74, 6) is 0. The van der Waals surface area contributed by atoms with Gasteiger partial charge in [0.25, 0.3) is 0 Å². The van der Waals surface area contributed by atoms with Gasteiger partial charge in [-0.15, -0.1) is 11.3 Å². The highest BCUT2D eigenvalue weighted by molar-refractivity contribution is 7.11.